The third-order valence-electron chi connectivity index (χ3n) is 1.79. The van der Waals surface area contributed by atoms with Crippen LogP contribution in [-0.4, -0.2) is 11.2 Å². The zero-order valence-corrected chi connectivity index (χ0v) is 9.10. The standard InChI is InChI=1S/C10H12BrNO/c1-2-8-5-3-4-6-9(8)12-10(13)7-11/h3-6H,2,7H2,1H3,(H,12,13). The predicted molar refractivity (Wildman–Crippen MR) is 58.2 cm³/mol. The maximum absolute atomic E-state index is 11.1. The van der Waals surface area contributed by atoms with Crippen LogP contribution in [0, 0.1) is 0 Å². The Hall–Kier alpha value is -0.830. The van der Waals surface area contributed by atoms with Crippen LogP contribution in [0.4, 0.5) is 5.69 Å². The van der Waals surface area contributed by atoms with Crippen molar-refractivity contribution in [2.75, 3.05) is 10.6 Å². The maximum Gasteiger partial charge on any atom is 0.235 e. The normalized spacial score (nSPS) is 9.69. The largest absolute Gasteiger partial charge is 0.325 e. The minimum Gasteiger partial charge on any atom is -0.325 e. The Labute approximate surface area is 86.5 Å². The Morgan fingerprint density at radius 2 is 2.15 bits per heavy atom. The molecule has 0 aromatic heterocycles. The van der Waals surface area contributed by atoms with Crippen molar-refractivity contribution in [3.05, 3.63) is 29.8 Å². The van der Waals surface area contributed by atoms with Gasteiger partial charge in [0, 0.05) is 5.69 Å². The molecule has 0 bridgehead atoms. The van der Waals surface area contributed by atoms with Crippen LogP contribution in [-0.2, 0) is 11.2 Å². The van der Waals surface area contributed by atoms with Gasteiger partial charge in [0.15, 0.2) is 0 Å². The van der Waals surface area contributed by atoms with Crippen molar-refractivity contribution in [1.29, 1.82) is 0 Å². The summed E-state index contributed by atoms with van der Waals surface area (Å²) in [6.45, 7) is 2.07. The molecule has 0 saturated carbocycles. The van der Waals surface area contributed by atoms with Crippen molar-refractivity contribution in [1.82, 2.24) is 0 Å². The summed E-state index contributed by atoms with van der Waals surface area (Å²) in [4.78, 5) is 11.1. The van der Waals surface area contributed by atoms with Gasteiger partial charge in [-0.1, -0.05) is 41.1 Å². The van der Waals surface area contributed by atoms with Gasteiger partial charge in [-0.05, 0) is 18.1 Å². The molecule has 0 unspecified atom stereocenters. The molecule has 1 amide bonds. The zero-order valence-electron chi connectivity index (χ0n) is 7.51. The Morgan fingerprint density at radius 3 is 2.77 bits per heavy atom. The van der Waals surface area contributed by atoms with Gasteiger partial charge in [0.1, 0.15) is 0 Å². The summed E-state index contributed by atoms with van der Waals surface area (Å²) in [7, 11) is 0. The molecule has 0 aliphatic heterocycles. The van der Waals surface area contributed by atoms with Crippen LogP contribution in [0.3, 0.4) is 0 Å². The fourth-order valence-corrected chi connectivity index (χ4v) is 1.27. The lowest BCUT2D eigenvalue weighted by Crippen LogP contribution is -2.13. The molecule has 0 aliphatic rings. The molecule has 1 rings (SSSR count). The molecule has 2 nitrogen and oxygen atoms in total. The average molecular weight is 242 g/mol. The predicted octanol–water partition coefficient (Wildman–Crippen LogP) is 2.58. The summed E-state index contributed by atoms with van der Waals surface area (Å²) >= 11 is 3.11. The molecule has 0 aliphatic carbocycles. The van der Waals surface area contributed by atoms with E-state index in [0.29, 0.717) is 5.33 Å². The highest BCUT2D eigenvalue weighted by atomic mass is 79.9. The quantitative estimate of drug-likeness (QED) is 0.811. The van der Waals surface area contributed by atoms with Crippen molar-refractivity contribution >= 4 is 27.5 Å². The fraction of sp³-hybridized carbons (Fsp3) is 0.300. The molecular formula is C10H12BrNO. The number of rotatable bonds is 3. The highest BCUT2D eigenvalue weighted by Crippen LogP contribution is 2.15. The van der Waals surface area contributed by atoms with Gasteiger partial charge < -0.3 is 5.32 Å². The lowest BCUT2D eigenvalue weighted by Gasteiger charge is -2.07. The number of nitrogens with one attached hydrogen (secondary N) is 1. The van der Waals surface area contributed by atoms with Crippen molar-refractivity contribution in [3.63, 3.8) is 0 Å². The van der Waals surface area contributed by atoms with E-state index in [1.54, 1.807) is 0 Å². The summed E-state index contributed by atoms with van der Waals surface area (Å²) in [5, 5.41) is 3.16. The van der Waals surface area contributed by atoms with Crippen molar-refractivity contribution < 1.29 is 4.79 Å². The van der Waals surface area contributed by atoms with Crippen molar-refractivity contribution in [3.8, 4) is 0 Å². The number of para-hydroxylation sites is 1. The number of benzene rings is 1. The van der Waals surface area contributed by atoms with E-state index in [1.807, 2.05) is 24.3 Å². The SMILES string of the molecule is CCc1ccccc1NC(=O)CBr. The highest BCUT2D eigenvalue weighted by Gasteiger charge is 2.02. The minimum absolute atomic E-state index is 0.0131. The molecule has 0 radical (unpaired) electrons. The zero-order chi connectivity index (χ0) is 9.68. The van der Waals surface area contributed by atoms with Gasteiger partial charge in [0.2, 0.25) is 5.91 Å². The topological polar surface area (TPSA) is 29.1 Å². The number of hydrogen-bond donors (Lipinski definition) is 1. The molecule has 70 valence electrons. The molecule has 1 aromatic carbocycles. The number of alkyl halides is 1. The highest BCUT2D eigenvalue weighted by molar-refractivity contribution is 9.09. The summed E-state index contributed by atoms with van der Waals surface area (Å²) in [5.41, 5.74) is 2.08. The van der Waals surface area contributed by atoms with Crippen LogP contribution in [0.15, 0.2) is 24.3 Å². The second-order valence-corrected chi connectivity index (χ2v) is 3.25. The molecule has 0 atom stereocenters. The second-order valence-electron chi connectivity index (χ2n) is 2.69. The third-order valence-corrected chi connectivity index (χ3v) is 2.30. The number of aryl methyl sites for hydroxylation is 1. The Bertz CT molecular complexity index is 299. The first-order valence-electron chi connectivity index (χ1n) is 4.21. The number of halogens is 1. The number of carbonyl (C=O) groups is 1. The van der Waals surface area contributed by atoms with Crippen LogP contribution in [0.5, 0.6) is 0 Å². The maximum atomic E-state index is 11.1. The molecule has 0 fully saturated rings. The van der Waals surface area contributed by atoms with E-state index in [1.165, 1.54) is 0 Å². The van der Waals surface area contributed by atoms with E-state index in [9.17, 15) is 4.79 Å². The molecule has 3 heteroatoms. The van der Waals surface area contributed by atoms with Gasteiger partial charge in [-0.15, -0.1) is 0 Å². The number of carbonyl (C=O) groups excluding carboxylic acids is 1. The Balaban J connectivity index is 2.81. The minimum atomic E-state index is -0.0131. The Morgan fingerprint density at radius 1 is 1.46 bits per heavy atom. The van der Waals surface area contributed by atoms with Gasteiger partial charge in [0.05, 0.1) is 5.33 Å². The Kier molecular flexibility index (Phi) is 3.96. The summed E-state index contributed by atoms with van der Waals surface area (Å²) in [5.74, 6) is -0.0131. The molecule has 0 heterocycles. The average Bonchev–Trinajstić information content (AvgIpc) is 2.18. The molecular weight excluding hydrogens is 230 g/mol. The second kappa shape index (κ2) is 5.02. The number of hydrogen-bond acceptors (Lipinski definition) is 1. The van der Waals surface area contributed by atoms with Crippen molar-refractivity contribution in [2.45, 2.75) is 13.3 Å². The van der Waals surface area contributed by atoms with Crippen LogP contribution < -0.4 is 5.32 Å². The third kappa shape index (κ3) is 2.84. The molecule has 1 aromatic rings. The van der Waals surface area contributed by atoms with E-state index in [4.69, 9.17) is 0 Å². The summed E-state index contributed by atoms with van der Waals surface area (Å²) in [6.07, 6.45) is 0.929. The smallest absolute Gasteiger partial charge is 0.235 e. The first-order chi connectivity index (χ1) is 6.27. The van der Waals surface area contributed by atoms with Gasteiger partial charge in [-0.25, -0.2) is 0 Å². The van der Waals surface area contributed by atoms with Crippen LogP contribution >= 0.6 is 15.9 Å². The van der Waals surface area contributed by atoms with Gasteiger partial charge in [0.25, 0.3) is 0 Å². The molecule has 0 saturated heterocycles. The van der Waals surface area contributed by atoms with E-state index in [0.717, 1.165) is 17.7 Å². The molecule has 13 heavy (non-hydrogen) atoms. The van der Waals surface area contributed by atoms with Crippen molar-refractivity contribution in [2.24, 2.45) is 0 Å². The van der Waals surface area contributed by atoms with Gasteiger partial charge >= 0.3 is 0 Å². The first-order valence-corrected chi connectivity index (χ1v) is 5.33. The van der Waals surface area contributed by atoms with E-state index in [-0.39, 0.29) is 5.91 Å². The first kappa shape index (κ1) is 10.3. The monoisotopic (exact) mass is 241 g/mol. The lowest BCUT2D eigenvalue weighted by atomic mass is 10.1. The van der Waals surface area contributed by atoms with E-state index < -0.39 is 0 Å². The number of anilines is 1. The molecule has 1 N–H and O–H groups in total. The summed E-state index contributed by atoms with van der Waals surface area (Å²) in [6, 6.07) is 7.83. The fourth-order valence-electron chi connectivity index (χ4n) is 1.13. The summed E-state index contributed by atoms with van der Waals surface area (Å²) < 4.78 is 0. The van der Waals surface area contributed by atoms with Gasteiger partial charge in [-0.3, -0.25) is 4.79 Å². The van der Waals surface area contributed by atoms with Crippen LogP contribution in [0.25, 0.3) is 0 Å². The van der Waals surface area contributed by atoms with E-state index >= 15 is 0 Å². The van der Waals surface area contributed by atoms with Crippen LogP contribution in [0.2, 0.25) is 0 Å². The van der Waals surface area contributed by atoms with Crippen LogP contribution in [0.1, 0.15) is 12.5 Å². The lowest BCUT2D eigenvalue weighted by molar-refractivity contribution is -0.113. The van der Waals surface area contributed by atoms with E-state index in [2.05, 4.69) is 28.2 Å². The number of amides is 1. The van der Waals surface area contributed by atoms with Gasteiger partial charge in [-0.2, -0.15) is 0 Å². The molecule has 0 spiro atoms.